The molecule has 0 amide bonds. The minimum atomic E-state index is -3.97. The molecule has 5 nitrogen and oxygen atoms in total. The van der Waals surface area contributed by atoms with Crippen molar-refractivity contribution in [3.63, 3.8) is 0 Å². The molecule has 4 aromatic carbocycles. The van der Waals surface area contributed by atoms with Gasteiger partial charge < -0.3 is 9.84 Å². The average molecular weight is 462 g/mol. The van der Waals surface area contributed by atoms with Crippen LogP contribution in [0.3, 0.4) is 0 Å². The molecule has 6 heteroatoms. The molecular formula is C27H27NO4S. The highest BCUT2D eigenvalue weighted by Crippen LogP contribution is 2.34. The van der Waals surface area contributed by atoms with Crippen LogP contribution in [0.2, 0.25) is 0 Å². The fourth-order valence-electron chi connectivity index (χ4n) is 3.79. The third kappa shape index (κ3) is 5.29. The van der Waals surface area contributed by atoms with Gasteiger partial charge in [0.1, 0.15) is 22.1 Å². The van der Waals surface area contributed by atoms with Gasteiger partial charge in [-0.25, -0.2) is 8.42 Å². The van der Waals surface area contributed by atoms with Crippen LogP contribution in [0.5, 0.6) is 17.2 Å². The Balaban J connectivity index is 1.72. The molecular weight excluding hydrogens is 434 g/mol. The van der Waals surface area contributed by atoms with Crippen LogP contribution in [0.15, 0.2) is 89.8 Å². The predicted octanol–water partition coefficient (Wildman–Crippen LogP) is 6.87. The van der Waals surface area contributed by atoms with E-state index >= 15 is 0 Å². The number of hydrogen-bond donors (Lipinski definition) is 2. The molecule has 0 spiro atoms. The van der Waals surface area contributed by atoms with Crippen LogP contribution >= 0.6 is 0 Å². The first-order chi connectivity index (χ1) is 16.0. The highest BCUT2D eigenvalue weighted by molar-refractivity contribution is 7.92. The van der Waals surface area contributed by atoms with Gasteiger partial charge in [-0.15, -0.1) is 0 Å². The fourth-order valence-corrected chi connectivity index (χ4v) is 4.98. The number of phenols is 1. The minimum absolute atomic E-state index is 0.0581. The summed E-state index contributed by atoms with van der Waals surface area (Å²) in [4.78, 5) is 0.0581. The van der Waals surface area contributed by atoms with Crippen molar-refractivity contribution in [1.29, 1.82) is 0 Å². The number of rotatable bonds is 9. The lowest BCUT2D eigenvalue weighted by Gasteiger charge is -2.16. The van der Waals surface area contributed by atoms with Crippen molar-refractivity contribution in [3.8, 4) is 17.2 Å². The van der Waals surface area contributed by atoms with Crippen LogP contribution in [-0.4, -0.2) is 13.5 Å². The lowest BCUT2D eigenvalue weighted by atomic mass is 10.1. The second-order valence-electron chi connectivity index (χ2n) is 7.94. The minimum Gasteiger partial charge on any atom is -0.507 e. The van der Waals surface area contributed by atoms with Gasteiger partial charge in [0.05, 0.1) is 5.69 Å². The molecule has 33 heavy (non-hydrogen) atoms. The Hall–Kier alpha value is -3.51. The van der Waals surface area contributed by atoms with Crippen molar-refractivity contribution in [2.75, 3.05) is 4.72 Å². The van der Waals surface area contributed by atoms with Gasteiger partial charge in [-0.1, -0.05) is 68.3 Å². The van der Waals surface area contributed by atoms with E-state index in [2.05, 4.69) is 11.6 Å². The van der Waals surface area contributed by atoms with E-state index in [-0.39, 0.29) is 16.4 Å². The average Bonchev–Trinajstić information content (AvgIpc) is 2.80. The summed E-state index contributed by atoms with van der Waals surface area (Å²) in [5.74, 6) is 0.943. The molecule has 0 aromatic heterocycles. The van der Waals surface area contributed by atoms with Crippen molar-refractivity contribution in [3.05, 3.63) is 90.5 Å². The molecule has 0 fully saturated rings. The summed E-state index contributed by atoms with van der Waals surface area (Å²) in [6.45, 7) is 2.15. The van der Waals surface area contributed by atoms with E-state index in [1.807, 2.05) is 30.3 Å². The Kier molecular flexibility index (Phi) is 6.84. The summed E-state index contributed by atoms with van der Waals surface area (Å²) < 4.78 is 35.6. The normalized spacial score (nSPS) is 11.4. The largest absolute Gasteiger partial charge is 0.507 e. The summed E-state index contributed by atoms with van der Waals surface area (Å²) in [5.41, 5.74) is 1.42. The number of anilines is 1. The van der Waals surface area contributed by atoms with E-state index in [0.717, 1.165) is 31.2 Å². The van der Waals surface area contributed by atoms with Gasteiger partial charge in [-0.2, -0.15) is 0 Å². The molecule has 2 N–H and O–H groups in total. The lowest BCUT2D eigenvalue weighted by Crippen LogP contribution is -2.14. The fraction of sp³-hybridized carbons (Fsp3) is 0.185. The molecule has 0 aliphatic rings. The van der Waals surface area contributed by atoms with Gasteiger partial charge in [-0.05, 0) is 54.8 Å². The zero-order chi connectivity index (χ0) is 23.3. The van der Waals surface area contributed by atoms with Crippen LogP contribution < -0.4 is 9.46 Å². The summed E-state index contributed by atoms with van der Waals surface area (Å²) in [6.07, 6.45) is 4.12. The zero-order valence-corrected chi connectivity index (χ0v) is 19.3. The summed E-state index contributed by atoms with van der Waals surface area (Å²) in [5, 5.41) is 11.3. The molecule has 0 saturated heterocycles. The Morgan fingerprint density at radius 2 is 1.61 bits per heavy atom. The van der Waals surface area contributed by atoms with Gasteiger partial charge in [0.15, 0.2) is 0 Å². The molecule has 0 aliphatic carbocycles. The summed E-state index contributed by atoms with van der Waals surface area (Å²) in [6, 6.07) is 24.6. The van der Waals surface area contributed by atoms with E-state index in [4.69, 9.17) is 4.74 Å². The van der Waals surface area contributed by atoms with Gasteiger partial charge in [0.2, 0.25) is 0 Å². The number of ether oxygens (including phenoxy) is 1. The molecule has 0 saturated carbocycles. The first-order valence-corrected chi connectivity index (χ1v) is 12.6. The number of phenolic OH excluding ortho intramolecular Hbond substituents is 1. The Bertz CT molecular complexity index is 1350. The van der Waals surface area contributed by atoms with E-state index in [0.29, 0.717) is 22.2 Å². The van der Waals surface area contributed by atoms with Crippen molar-refractivity contribution in [2.45, 2.75) is 37.5 Å². The number of unbranched alkanes of at least 4 members (excludes halogenated alkanes) is 2. The predicted molar refractivity (Wildman–Crippen MR) is 133 cm³/mol. The molecule has 0 radical (unpaired) electrons. The maximum Gasteiger partial charge on any atom is 0.265 e. The molecule has 4 aromatic rings. The van der Waals surface area contributed by atoms with Crippen LogP contribution in [0.25, 0.3) is 10.8 Å². The molecule has 170 valence electrons. The zero-order valence-electron chi connectivity index (χ0n) is 18.5. The number of hydrogen-bond acceptors (Lipinski definition) is 4. The second kappa shape index (κ2) is 9.96. The number of para-hydroxylation sites is 1. The molecule has 0 heterocycles. The first kappa shape index (κ1) is 22.7. The summed E-state index contributed by atoms with van der Waals surface area (Å²) >= 11 is 0. The van der Waals surface area contributed by atoms with E-state index in [1.165, 1.54) is 0 Å². The van der Waals surface area contributed by atoms with Crippen molar-refractivity contribution >= 4 is 26.5 Å². The molecule has 4 rings (SSSR count). The van der Waals surface area contributed by atoms with Crippen LogP contribution in [0, 0.1) is 0 Å². The van der Waals surface area contributed by atoms with E-state index < -0.39 is 10.0 Å². The van der Waals surface area contributed by atoms with Gasteiger partial charge in [-0.3, -0.25) is 4.72 Å². The Morgan fingerprint density at radius 1 is 0.848 bits per heavy atom. The quantitative estimate of drug-likeness (QED) is 0.267. The van der Waals surface area contributed by atoms with Crippen molar-refractivity contribution in [2.24, 2.45) is 0 Å². The van der Waals surface area contributed by atoms with Gasteiger partial charge in [0, 0.05) is 10.8 Å². The van der Waals surface area contributed by atoms with Gasteiger partial charge >= 0.3 is 0 Å². The molecule has 0 bridgehead atoms. The number of aryl methyl sites for hydroxylation is 1. The first-order valence-electron chi connectivity index (χ1n) is 11.1. The summed E-state index contributed by atoms with van der Waals surface area (Å²) in [7, 11) is -3.97. The smallest absolute Gasteiger partial charge is 0.265 e. The number of nitrogens with one attached hydrogen (secondary N) is 1. The number of fused-ring (bicyclic) bond motifs is 1. The van der Waals surface area contributed by atoms with E-state index in [9.17, 15) is 13.5 Å². The monoisotopic (exact) mass is 461 g/mol. The highest BCUT2D eigenvalue weighted by atomic mass is 32.2. The standard InChI is InChI=1S/C27H27NO4S/c1-2-3-5-10-20-17-18-27(26(19-20)32-21-11-6-4-7-12-21)33(30,31)28-24-15-8-14-23-22(24)13-9-16-25(23)29/h4,6-9,11-19,28-29H,2-3,5,10H2,1H3. The maximum absolute atomic E-state index is 13.5. The highest BCUT2D eigenvalue weighted by Gasteiger charge is 2.22. The molecule has 0 aliphatic heterocycles. The third-order valence-corrected chi connectivity index (χ3v) is 6.89. The molecule has 0 unspecified atom stereocenters. The SMILES string of the molecule is CCCCCc1ccc(S(=O)(=O)Nc2cccc3c(O)cccc23)c(Oc2ccccc2)c1. The Morgan fingerprint density at radius 3 is 2.39 bits per heavy atom. The van der Waals surface area contributed by atoms with Gasteiger partial charge in [0.25, 0.3) is 10.0 Å². The van der Waals surface area contributed by atoms with Crippen LogP contribution in [0.4, 0.5) is 5.69 Å². The second-order valence-corrected chi connectivity index (χ2v) is 9.59. The van der Waals surface area contributed by atoms with Crippen LogP contribution in [-0.2, 0) is 16.4 Å². The van der Waals surface area contributed by atoms with Crippen LogP contribution in [0.1, 0.15) is 31.7 Å². The van der Waals surface area contributed by atoms with Crippen molar-refractivity contribution < 1.29 is 18.3 Å². The van der Waals surface area contributed by atoms with Crippen molar-refractivity contribution in [1.82, 2.24) is 0 Å². The van der Waals surface area contributed by atoms with E-state index in [1.54, 1.807) is 54.6 Å². The lowest BCUT2D eigenvalue weighted by molar-refractivity contribution is 0.467. The number of benzene rings is 4. The number of sulfonamides is 1. The number of aromatic hydroxyl groups is 1. The topological polar surface area (TPSA) is 75.6 Å². The maximum atomic E-state index is 13.5. The third-order valence-electron chi connectivity index (χ3n) is 5.48. The Labute approximate surface area is 194 Å². The molecule has 0 atom stereocenters.